The Kier molecular flexibility index (Phi) is 6.61. The average Bonchev–Trinajstić information content (AvgIpc) is 1.97. The maximum absolute atomic E-state index is 10.9. The number of rotatable bonds is 6. The number of ketones is 1. The second-order valence-electron chi connectivity index (χ2n) is 2.16. The Balaban J connectivity index is 3.16. The molecule has 0 spiro atoms. The lowest BCUT2D eigenvalue weighted by Gasteiger charge is -1.94. The zero-order valence-corrected chi connectivity index (χ0v) is 6.86. The molecule has 0 aliphatic heterocycles. The van der Waals surface area contributed by atoms with Crippen molar-refractivity contribution in [3.05, 3.63) is 12.7 Å². The van der Waals surface area contributed by atoms with E-state index in [1.54, 1.807) is 6.08 Å². The molecule has 0 aromatic heterocycles. The van der Waals surface area contributed by atoms with Crippen LogP contribution in [0, 0.1) is 0 Å². The van der Waals surface area contributed by atoms with Crippen molar-refractivity contribution < 1.29 is 4.79 Å². The van der Waals surface area contributed by atoms with E-state index in [1.165, 1.54) is 0 Å². The molecule has 0 rings (SSSR count). The van der Waals surface area contributed by atoms with E-state index >= 15 is 0 Å². The van der Waals surface area contributed by atoms with Gasteiger partial charge in [-0.25, -0.2) is 0 Å². The maximum Gasteiger partial charge on any atom is 0.133 e. The molecule has 0 amide bonds. The molecule has 0 radical (unpaired) electrons. The maximum atomic E-state index is 10.9. The number of Topliss-reactive ketones (excluding diaryl/α,β-unsaturated/α-hetero) is 1. The first-order valence-corrected chi connectivity index (χ1v) is 4.03. The van der Waals surface area contributed by atoms with Gasteiger partial charge in [0.2, 0.25) is 0 Å². The van der Waals surface area contributed by atoms with Gasteiger partial charge in [-0.2, -0.15) is 0 Å². The van der Waals surface area contributed by atoms with Crippen molar-refractivity contribution in [3.8, 4) is 0 Å². The normalized spacial score (nSPS) is 9.30. The van der Waals surface area contributed by atoms with Crippen molar-refractivity contribution in [3.63, 3.8) is 0 Å². The average molecular weight is 161 g/mol. The summed E-state index contributed by atoms with van der Waals surface area (Å²) in [6.45, 7) is 3.53. The number of hydrogen-bond acceptors (Lipinski definition) is 1. The highest BCUT2D eigenvalue weighted by molar-refractivity contribution is 6.17. The van der Waals surface area contributed by atoms with Crippen molar-refractivity contribution in [2.45, 2.75) is 25.7 Å². The van der Waals surface area contributed by atoms with Crippen molar-refractivity contribution in [1.82, 2.24) is 0 Å². The molecular formula is C8H13ClO. The first-order valence-electron chi connectivity index (χ1n) is 3.49. The summed E-state index contributed by atoms with van der Waals surface area (Å²) in [6, 6.07) is 0. The van der Waals surface area contributed by atoms with Crippen LogP contribution < -0.4 is 0 Å². The summed E-state index contributed by atoms with van der Waals surface area (Å²) in [5.74, 6) is 0.875. The third-order valence-electron chi connectivity index (χ3n) is 1.22. The molecule has 0 saturated carbocycles. The molecule has 0 heterocycles. The van der Waals surface area contributed by atoms with Gasteiger partial charge in [0.05, 0.1) is 0 Å². The summed E-state index contributed by atoms with van der Waals surface area (Å²) in [5.41, 5.74) is 0. The smallest absolute Gasteiger partial charge is 0.133 e. The third kappa shape index (κ3) is 5.83. The Bertz CT molecular complexity index is 110. The largest absolute Gasteiger partial charge is 0.300 e. The minimum Gasteiger partial charge on any atom is -0.300 e. The predicted molar refractivity (Wildman–Crippen MR) is 44.4 cm³/mol. The van der Waals surface area contributed by atoms with Gasteiger partial charge in [-0.15, -0.1) is 18.2 Å². The topological polar surface area (TPSA) is 17.1 Å². The summed E-state index contributed by atoms with van der Waals surface area (Å²) >= 11 is 5.41. The molecule has 58 valence electrons. The standard InChI is InChI=1S/C8H13ClO/c1-2-3-5-8(10)6-4-7-9/h2H,1,3-7H2. The number of carbonyl (C=O) groups is 1. The lowest BCUT2D eigenvalue weighted by Crippen LogP contribution is -1.96. The van der Waals surface area contributed by atoms with Crippen LogP contribution in [0.3, 0.4) is 0 Å². The van der Waals surface area contributed by atoms with E-state index in [0.717, 1.165) is 12.8 Å². The second-order valence-corrected chi connectivity index (χ2v) is 2.54. The van der Waals surface area contributed by atoms with Crippen LogP contribution in [0.5, 0.6) is 0 Å². The predicted octanol–water partition coefficient (Wildman–Crippen LogP) is 2.54. The monoisotopic (exact) mass is 160 g/mol. The van der Waals surface area contributed by atoms with Gasteiger partial charge in [-0.1, -0.05) is 6.08 Å². The van der Waals surface area contributed by atoms with Crippen molar-refractivity contribution >= 4 is 17.4 Å². The van der Waals surface area contributed by atoms with Crippen LogP contribution in [0.25, 0.3) is 0 Å². The van der Waals surface area contributed by atoms with E-state index in [9.17, 15) is 4.79 Å². The van der Waals surface area contributed by atoms with Gasteiger partial charge in [-0.3, -0.25) is 4.79 Å². The summed E-state index contributed by atoms with van der Waals surface area (Å²) in [6.07, 6.45) is 4.61. The number of halogens is 1. The van der Waals surface area contributed by atoms with Crippen LogP contribution in [0.4, 0.5) is 0 Å². The fourth-order valence-electron chi connectivity index (χ4n) is 0.652. The molecular weight excluding hydrogens is 148 g/mol. The molecule has 0 aromatic carbocycles. The number of alkyl halides is 1. The Morgan fingerprint density at radius 3 is 2.70 bits per heavy atom. The zero-order valence-electron chi connectivity index (χ0n) is 6.11. The summed E-state index contributed by atoms with van der Waals surface area (Å²) in [5, 5.41) is 0. The van der Waals surface area contributed by atoms with Crippen LogP contribution in [0.1, 0.15) is 25.7 Å². The van der Waals surface area contributed by atoms with E-state index in [0.29, 0.717) is 24.5 Å². The molecule has 2 heteroatoms. The van der Waals surface area contributed by atoms with Crippen molar-refractivity contribution in [2.24, 2.45) is 0 Å². The molecule has 0 bridgehead atoms. The minimum absolute atomic E-state index is 0.292. The van der Waals surface area contributed by atoms with Crippen molar-refractivity contribution in [2.75, 3.05) is 5.88 Å². The summed E-state index contributed by atoms with van der Waals surface area (Å²) in [7, 11) is 0. The summed E-state index contributed by atoms with van der Waals surface area (Å²) < 4.78 is 0. The fraction of sp³-hybridized carbons (Fsp3) is 0.625. The van der Waals surface area contributed by atoms with Crippen LogP contribution in [-0.2, 0) is 4.79 Å². The molecule has 0 aliphatic carbocycles. The van der Waals surface area contributed by atoms with Gasteiger partial charge in [0.1, 0.15) is 5.78 Å². The lowest BCUT2D eigenvalue weighted by molar-refractivity contribution is -0.119. The number of allylic oxidation sites excluding steroid dienone is 1. The van der Waals surface area contributed by atoms with Crippen LogP contribution in [-0.4, -0.2) is 11.7 Å². The molecule has 10 heavy (non-hydrogen) atoms. The molecule has 0 saturated heterocycles. The third-order valence-corrected chi connectivity index (χ3v) is 1.48. The second kappa shape index (κ2) is 6.81. The number of carbonyl (C=O) groups excluding carboxylic acids is 1. The van der Waals surface area contributed by atoms with E-state index in [2.05, 4.69) is 6.58 Å². The molecule has 0 aromatic rings. The minimum atomic E-state index is 0.292. The van der Waals surface area contributed by atoms with E-state index < -0.39 is 0 Å². The molecule has 0 N–H and O–H groups in total. The van der Waals surface area contributed by atoms with Crippen LogP contribution in [0.2, 0.25) is 0 Å². The van der Waals surface area contributed by atoms with Gasteiger partial charge in [0, 0.05) is 18.7 Å². The fourth-order valence-corrected chi connectivity index (χ4v) is 0.786. The van der Waals surface area contributed by atoms with Crippen LogP contribution in [0.15, 0.2) is 12.7 Å². The molecule has 0 atom stereocenters. The van der Waals surface area contributed by atoms with Gasteiger partial charge in [-0.05, 0) is 12.8 Å². The van der Waals surface area contributed by atoms with Gasteiger partial charge in [0.15, 0.2) is 0 Å². The molecule has 0 unspecified atom stereocenters. The Morgan fingerprint density at radius 1 is 1.50 bits per heavy atom. The van der Waals surface area contributed by atoms with Gasteiger partial charge < -0.3 is 0 Å². The van der Waals surface area contributed by atoms with Crippen LogP contribution >= 0.6 is 11.6 Å². The van der Waals surface area contributed by atoms with E-state index in [1.807, 2.05) is 0 Å². The van der Waals surface area contributed by atoms with Crippen molar-refractivity contribution in [1.29, 1.82) is 0 Å². The van der Waals surface area contributed by atoms with Gasteiger partial charge in [0.25, 0.3) is 0 Å². The van der Waals surface area contributed by atoms with Gasteiger partial charge >= 0.3 is 0 Å². The Morgan fingerprint density at radius 2 is 2.20 bits per heavy atom. The highest BCUT2D eigenvalue weighted by Crippen LogP contribution is 1.99. The quantitative estimate of drug-likeness (QED) is 0.431. The Hall–Kier alpha value is -0.300. The van der Waals surface area contributed by atoms with E-state index in [-0.39, 0.29) is 0 Å². The first kappa shape index (κ1) is 9.70. The SMILES string of the molecule is C=CCCC(=O)CCCCl. The highest BCUT2D eigenvalue weighted by Gasteiger charge is 1.97. The molecule has 0 fully saturated rings. The Labute approximate surface area is 67.1 Å². The summed E-state index contributed by atoms with van der Waals surface area (Å²) in [4.78, 5) is 10.9. The lowest BCUT2D eigenvalue weighted by atomic mass is 10.1. The van der Waals surface area contributed by atoms with E-state index in [4.69, 9.17) is 11.6 Å². The molecule has 0 aliphatic rings. The first-order chi connectivity index (χ1) is 4.81. The highest BCUT2D eigenvalue weighted by atomic mass is 35.5. The molecule has 1 nitrogen and oxygen atoms in total. The zero-order chi connectivity index (χ0) is 7.82. The number of hydrogen-bond donors (Lipinski definition) is 0.